The molecule has 1 rings (SSSR count). The predicted molar refractivity (Wildman–Crippen MR) is 57.6 cm³/mol. The summed E-state index contributed by atoms with van der Waals surface area (Å²) in [4.78, 5) is 0. The molecule has 0 saturated heterocycles. The van der Waals surface area contributed by atoms with E-state index in [0.717, 1.165) is 19.0 Å². The first-order chi connectivity index (χ1) is 6.24. The van der Waals surface area contributed by atoms with Crippen molar-refractivity contribution < 1.29 is 0 Å². The Morgan fingerprint density at radius 3 is 2.62 bits per heavy atom. The van der Waals surface area contributed by atoms with Gasteiger partial charge in [-0.15, -0.1) is 0 Å². The highest BCUT2D eigenvalue weighted by molar-refractivity contribution is 4.93. The van der Waals surface area contributed by atoms with E-state index >= 15 is 0 Å². The van der Waals surface area contributed by atoms with E-state index in [1.165, 1.54) is 31.3 Å². The summed E-state index contributed by atoms with van der Waals surface area (Å²) in [5, 5.41) is 3.49. The predicted octanol–water partition coefficient (Wildman–Crippen LogP) is 1.67. The molecule has 2 nitrogen and oxygen atoms in total. The van der Waals surface area contributed by atoms with Crippen LogP contribution in [0.25, 0.3) is 0 Å². The van der Waals surface area contributed by atoms with Crippen LogP contribution in [0.4, 0.5) is 0 Å². The number of rotatable bonds is 5. The molecule has 0 heterocycles. The van der Waals surface area contributed by atoms with E-state index in [1.807, 2.05) is 0 Å². The van der Waals surface area contributed by atoms with E-state index in [0.29, 0.717) is 6.04 Å². The molecular weight excluding hydrogens is 160 g/mol. The Hall–Kier alpha value is -0.340. The maximum absolute atomic E-state index is 5.75. The second-order valence-electron chi connectivity index (χ2n) is 4.22. The van der Waals surface area contributed by atoms with Gasteiger partial charge in [0.25, 0.3) is 0 Å². The lowest BCUT2D eigenvalue weighted by Crippen LogP contribution is -2.41. The van der Waals surface area contributed by atoms with E-state index in [-0.39, 0.29) is 0 Å². The maximum Gasteiger partial charge on any atom is 0.0221 e. The number of hydrogen-bond donors (Lipinski definition) is 2. The van der Waals surface area contributed by atoms with Gasteiger partial charge in [-0.05, 0) is 25.7 Å². The van der Waals surface area contributed by atoms with Gasteiger partial charge in [0.1, 0.15) is 0 Å². The largest absolute Gasteiger partial charge is 0.329 e. The first-order valence-corrected chi connectivity index (χ1v) is 5.32. The molecule has 1 fully saturated rings. The smallest absolute Gasteiger partial charge is 0.0221 e. The summed E-state index contributed by atoms with van der Waals surface area (Å²) < 4.78 is 0. The molecular formula is C11H22N2. The quantitative estimate of drug-likeness (QED) is 0.635. The lowest BCUT2D eigenvalue weighted by molar-refractivity contribution is 0.374. The van der Waals surface area contributed by atoms with Crippen molar-refractivity contribution in [1.29, 1.82) is 0 Å². The summed E-state index contributed by atoms with van der Waals surface area (Å²) in [5.41, 5.74) is 6.94. The molecule has 2 heteroatoms. The van der Waals surface area contributed by atoms with Gasteiger partial charge in [-0.2, -0.15) is 0 Å². The van der Waals surface area contributed by atoms with Gasteiger partial charge in [0.05, 0.1) is 0 Å². The summed E-state index contributed by atoms with van der Waals surface area (Å²) in [7, 11) is 0. The van der Waals surface area contributed by atoms with Gasteiger partial charge in [-0.25, -0.2) is 0 Å². The van der Waals surface area contributed by atoms with Gasteiger partial charge < -0.3 is 11.1 Å². The van der Waals surface area contributed by atoms with Crippen molar-refractivity contribution in [2.24, 2.45) is 11.7 Å². The Balaban J connectivity index is 2.28. The topological polar surface area (TPSA) is 38.0 Å². The van der Waals surface area contributed by atoms with Crippen molar-refractivity contribution in [3.8, 4) is 0 Å². The molecule has 0 radical (unpaired) electrons. The van der Waals surface area contributed by atoms with Crippen molar-refractivity contribution in [2.75, 3.05) is 13.1 Å². The van der Waals surface area contributed by atoms with Gasteiger partial charge >= 0.3 is 0 Å². The number of hydrogen-bond acceptors (Lipinski definition) is 2. The average Bonchev–Trinajstić information content (AvgIpc) is 2.58. The summed E-state index contributed by atoms with van der Waals surface area (Å²) in [6.07, 6.45) is 5.47. The van der Waals surface area contributed by atoms with Crippen molar-refractivity contribution in [2.45, 2.75) is 38.6 Å². The molecule has 0 spiro atoms. The molecule has 1 unspecified atom stereocenters. The van der Waals surface area contributed by atoms with Gasteiger partial charge in [0.15, 0.2) is 0 Å². The zero-order chi connectivity index (χ0) is 9.68. The van der Waals surface area contributed by atoms with E-state index in [2.05, 4.69) is 18.8 Å². The SMILES string of the molecule is C=C(C)CNC(CN)C1CCCC1. The summed E-state index contributed by atoms with van der Waals surface area (Å²) in [6.45, 7) is 7.61. The second kappa shape index (κ2) is 5.40. The fraction of sp³-hybridized carbons (Fsp3) is 0.818. The molecule has 0 aliphatic heterocycles. The molecule has 0 amide bonds. The lowest BCUT2D eigenvalue weighted by Gasteiger charge is -2.23. The highest BCUT2D eigenvalue weighted by atomic mass is 14.9. The molecule has 0 aromatic heterocycles. The Bertz CT molecular complexity index is 159. The van der Waals surface area contributed by atoms with E-state index in [9.17, 15) is 0 Å². The summed E-state index contributed by atoms with van der Waals surface area (Å²) in [5.74, 6) is 0.810. The minimum absolute atomic E-state index is 0.513. The summed E-state index contributed by atoms with van der Waals surface area (Å²) >= 11 is 0. The first-order valence-electron chi connectivity index (χ1n) is 5.32. The van der Waals surface area contributed by atoms with Gasteiger partial charge in [0, 0.05) is 19.1 Å². The van der Waals surface area contributed by atoms with Crippen LogP contribution in [0.5, 0.6) is 0 Å². The molecule has 76 valence electrons. The van der Waals surface area contributed by atoms with Crippen LogP contribution in [0.2, 0.25) is 0 Å². The summed E-state index contributed by atoms with van der Waals surface area (Å²) in [6, 6.07) is 0.513. The van der Waals surface area contributed by atoms with Crippen molar-refractivity contribution in [3.05, 3.63) is 12.2 Å². The minimum atomic E-state index is 0.513. The molecule has 0 aromatic carbocycles. The third-order valence-electron chi connectivity index (χ3n) is 2.89. The van der Waals surface area contributed by atoms with Crippen LogP contribution in [0.3, 0.4) is 0 Å². The fourth-order valence-corrected chi connectivity index (χ4v) is 2.11. The zero-order valence-electron chi connectivity index (χ0n) is 8.68. The lowest BCUT2D eigenvalue weighted by atomic mass is 9.98. The van der Waals surface area contributed by atoms with Crippen molar-refractivity contribution in [3.63, 3.8) is 0 Å². The Morgan fingerprint density at radius 1 is 1.54 bits per heavy atom. The van der Waals surface area contributed by atoms with E-state index in [4.69, 9.17) is 5.73 Å². The maximum atomic E-state index is 5.75. The fourth-order valence-electron chi connectivity index (χ4n) is 2.11. The molecule has 0 aromatic rings. The van der Waals surface area contributed by atoms with Crippen LogP contribution in [0.1, 0.15) is 32.6 Å². The third kappa shape index (κ3) is 3.49. The number of nitrogens with two attached hydrogens (primary N) is 1. The van der Waals surface area contributed by atoms with Crippen LogP contribution in [0.15, 0.2) is 12.2 Å². The van der Waals surface area contributed by atoms with Crippen LogP contribution >= 0.6 is 0 Å². The van der Waals surface area contributed by atoms with Crippen LogP contribution in [-0.2, 0) is 0 Å². The average molecular weight is 182 g/mol. The Morgan fingerprint density at radius 2 is 2.15 bits per heavy atom. The molecule has 1 atom stereocenters. The zero-order valence-corrected chi connectivity index (χ0v) is 8.68. The van der Waals surface area contributed by atoms with Crippen molar-refractivity contribution in [1.82, 2.24) is 5.32 Å². The second-order valence-corrected chi connectivity index (χ2v) is 4.22. The van der Waals surface area contributed by atoms with Crippen LogP contribution < -0.4 is 11.1 Å². The van der Waals surface area contributed by atoms with E-state index < -0.39 is 0 Å². The van der Waals surface area contributed by atoms with Crippen LogP contribution in [-0.4, -0.2) is 19.1 Å². The molecule has 0 bridgehead atoms. The van der Waals surface area contributed by atoms with Gasteiger partial charge in [-0.1, -0.05) is 25.0 Å². The standard InChI is InChI=1S/C11H22N2/c1-9(2)8-13-11(7-12)10-5-3-4-6-10/h10-11,13H,1,3-8,12H2,2H3. The normalized spacial score (nSPS) is 20.5. The highest BCUT2D eigenvalue weighted by Gasteiger charge is 2.22. The highest BCUT2D eigenvalue weighted by Crippen LogP contribution is 2.27. The van der Waals surface area contributed by atoms with Crippen molar-refractivity contribution >= 4 is 0 Å². The molecule has 1 saturated carbocycles. The van der Waals surface area contributed by atoms with E-state index in [1.54, 1.807) is 0 Å². The first kappa shape index (κ1) is 10.7. The van der Waals surface area contributed by atoms with Gasteiger partial charge in [-0.3, -0.25) is 0 Å². The van der Waals surface area contributed by atoms with Gasteiger partial charge in [0.2, 0.25) is 0 Å². The monoisotopic (exact) mass is 182 g/mol. The molecule has 13 heavy (non-hydrogen) atoms. The molecule has 1 aliphatic carbocycles. The molecule has 1 aliphatic rings. The molecule has 3 N–H and O–H groups in total. The third-order valence-corrected chi connectivity index (χ3v) is 2.89. The van der Waals surface area contributed by atoms with Crippen LogP contribution in [0, 0.1) is 5.92 Å². The minimum Gasteiger partial charge on any atom is -0.329 e. The Labute approximate surface area is 81.6 Å². The Kier molecular flexibility index (Phi) is 4.46. The number of nitrogens with one attached hydrogen (secondary N) is 1.